The van der Waals surface area contributed by atoms with Gasteiger partial charge in [-0.1, -0.05) is 61.6 Å². The molecule has 2 aromatic carbocycles. The number of amides is 2. The average Bonchev–Trinajstić information content (AvgIpc) is 3.33. The lowest BCUT2D eigenvalue weighted by atomic mass is 9.73. The third kappa shape index (κ3) is 3.91. The third-order valence-electron chi connectivity index (χ3n) is 9.10. The Morgan fingerprint density at radius 2 is 1.80 bits per heavy atom. The van der Waals surface area contributed by atoms with Gasteiger partial charge in [0.15, 0.2) is 0 Å². The Morgan fingerprint density at radius 1 is 1.00 bits per heavy atom. The van der Waals surface area contributed by atoms with Gasteiger partial charge >= 0.3 is 5.97 Å². The van der Waals surface area contributed by atoms with E-state index in [1.807, 2.05) is 73.7 Å². The lowest BCUT2D eigenvalue weighted by molar-refractivity contribution is -0.161. The molecule has 0 saturated carbocycles. The number of allylic oxidation sites excluding steroid dienone is 1. The maximum absolute atomic E-state index is 14.6. The second kappa shape index (κ2) is 10.2. The molecule has 6 rings (SSSR count). The molecule has 2 amide bonds. The fourth-order valence-corrected chi connectivity index (χ4v) is 7.12. The summed E-state index contributed by atoms with van der Waals surface area (Å²) < 4.78 is 12.7. The molecule has 0 bridgehead atoms. The molecule has 8 heteroatoms. The van der Waals surface area contributed by atoms with Gasteiger partial charge in [0.05, 0.1) is 25.2 Å². The van der Waals surface area contributed by atoms with Crippen LogP contribution in [0.25, 0.3) is 10.8 Å². The van der Waals surface area contributed by atoms with Gasteiger partial charge in [-0.3, -0.25) is 14.4 Å². The standard InChI is InChI=1S/C32H36N2O6/c1-3-31-15-8-4-5-9-18-39-30(38)26(31)25-28(36)34(21(2)20-35)27-29(37)33(17-10-16-32(25,27)40-31)24-14-13-22-11-6-7-12-23(22)19-24/h6-8,10-16,19,21,25-27,35H,3-5,9,17-18,20H2,1-2H3/b15-8-/t21-,25+,26-,27?,31+,32+/m1/s1. The van der Waals surface area contributed by atoms with Crippen molar-refractivity contribution in [3.05, 3.63) is 66.8 Å². The van der Waals surface area contributed by atoms with Crippen molar-refractivity contribution in [2.75, 3.05) is 24.7 Å². The third-order valence-corrected chi connectivity index (χ3v) is 9.10. The second-order valence-electron chi connectivity index (χ2n) is 11.3. The number of esters is 1. The number of aliphatic hydroxyl groups excluding tert-OH is 1. The van der Waals surface area contributed by atoms with Gasteiger partial charge in [-0.15, -0.1) is 0 Å². The summed E-state index contributed by atoms with van der Waals surface area (Å²) in [5, 5.41) is 12.2. The molecule has 1 unspecified atom stereocenters. The van der Waals surface area contributed by atoms with Crippen molar-refractivity contribution in [1.29, 1.82) is 0 Å². The number of hydrogen-bond acceptors (Lipinski definition) is 6. The predicted molar refractivity (Wildman–Crippen MR) is 150 cm³/mol. The normalized spacial score (nSPS) is 33.7. The first kappa shape index (κ1) is 26.7. The van der Waals surface area contributed by atoms with E-state index in [2.05, 4.69) is 0 Å². The second-order valence-corrected chi connectivity index (χ2v) is 11.3. The molecule has 2 aromatic rings. The van der Waals surface area contributed by atoms with E-state index in [1.54, 1.807) is 11.8 Å². The summed E-state index contributed by atoms with van der Waals surface area (Å²) in [7, 11) is 0. The van der Waals surface area contributed by atoms with Crippen LogP contribution in [0.4, 0.5) is 5.69 Å². The minimum Gasteiger partial charge on any atom is -0.465 e. The molecule has 1 spiro atoms. The highest BCUT2D eigenvalue weighted by Gasteiger charge is 2.75. The number of benzene rings is 2. The maximum atomic E-state index is 14.6. The number of carbonyl (C=O) groups is 3. The van der Waals surface area contributed by atoms with Crippen molar-refractivity contribution >= 4 is 34.2 Å². The molecule has 40 heavy (non-hydrogen) atoms. The monoisotopic (exact) mass is 544 g/mol. The Kier molecular flexibility index (Phi) is 6.79. The summed E-state index contributed by atoms with van der Waals surface area (Å²) >= 11 is 0. The molecule has 0 aromatic heterocycles. The zero-order chi connectivity index (χ0) is 28.1. The zero-order valence-corrected chi connectivity index (χ0v) is 23.0. The molecule has 8 nitrogen and oxygen atoms in total. The molecule has 0 radical (unpaired) electrons. The number of carbonyl (C=O) groups excluding carboxylic acids is 3. The predicted octanol–water partition coefficient (Wildman–Crippen LogP) is 3.77. The Bertz CT molecular complexity index is 1400. The van der Waals surface area contributed by atoms with Gasteiger partial charge in [-0.25, -0.2) is 0 Å². The van der Waals surface area contributed by atoms with Crippen molar-refractivity contribution in [2.45, 2.75) is 62.8 Å². The minimum absolute atomic E-state index is 0.279. The summed E-state index contributed by atoms with van der Waals surface area (Å²) in [5.74, 6) is -3.02. The van der Waals surface area contributed by atoms with E-state index in [1.165, 1.54) is 4.90 Å². The lowest BCUT2D eigenvalue weighted by Gasteiger charge is -2.40. The number of aliphatic hydroxyl groups is 1. The highest BCUT2D eigenvalue weighted by Crippen LogP contribution is 2.58. The van der Waals surface area contributed by atoms with Crippen LogP contribution in [-0.2, 0) is 23.9 Å². The average molecular weight is 545 g/mol. The van der Waals surface area contributed by atoms with Crippen LogP contribution < -0.4 is 4.90 Å². The first-order valence-corrected chi connectivity index (χ1v) is 14.3. The number of likely N-dealkylation sites (tertiary alicyclic amines) is 1. The maximum Gasteiger partial charge on any atom is 0.313 e. The number of cyclic esters (lactones) is 1. The Balaban J connectivity index is 1.50. The molecule has 6 atom stereocenters. The molecular formula is C32H36N2O6. The molecule has 4 heterocycles. The SMILES string of the molecule is CC[C@]12/C=C\CCCCOC(=O)[C@H]1[C@H]1C(=O)N([C@H](C)CO)C3C(=O)N(c4ccc5ccccc5c4)CC=C[C@@]31O2. The number of rotatable bonds is 4. The van der Waals surface area contributed by atoms with E-state index in [9.17, 15) is 19.5 Å². The van der Waals surface area contributed by atoms with E-state index in [0.29, 0.717) is 12.1 Å². The quantitative estimate of drug-likeness (QED) is 0.465. The van der Waals surface area contributed by atoms with Crippen LogP contribution in [0, 0.1) is 11.8 Å². The van der Waals surface area contributed by atoms with E-state index >= 15 is 0 Å². The Labute approximate surface area is 234 Å². The first-order chi connectivity index (χ1) is 19.4. The first-order valence-electron chi connectivity index (χ1n) is 14.3. The number of nitrogens with zero attached hydrogens (tertiary/aromatic N) is 2. The van der Waals surface area contributed by atoms with E-state index in [0.717, 1.165) is 30.0 Å². The number of hydrogen-bond donors (Lipinski definition) is 1. The van der Waals surface area contributed by atoms with Crippen LogP contribution in [-0.4, -0.2) is 70.8 Å². The molecule has 4 aliphatic rings. The highest BCUT2D eigenvalue weighted by atomic mass is 16.6. The topological polar surface area (TPSA) is 96.4 Å². The summed E-state index contributed by atoms with van der Waals surface area (Å²) in [4.78, 5) is 45.7. The Morgan fingerprint density at radius 3 is 2.58 bits per heavy atom. The minimum atomic E-state index is -1.39. The van der Waals surface area contributed by atoms with Gasteiger partial charge in [-0.05, 0) is 55.5 Å². The largest absolute Gasteiger partial charge is 0.465 e. The highest BCUT2D eigenvalue weighted by molar-refractivity contribution is 6.06. The summed E-state index contributed by atoms with van der Waals surface area (Å²) in [6, 6.07) is 12.1. The summed E-state index contributed by atoms with van der Waals surface area (Å²) in [6.07, 6.45) is 10.5. The van der Waals surface area contributed by atoms with Crippen molar-refractivity contribution in [1.82, 2.24) is 4.90 Å². The number of anilines is 1. The van der Waals surface area contributed by atoms with E-state index in [-0.39, 0.29) is 31.6 Å². The van der Waals surface area contributed by atoms with Gasteiger partial charge in [0.2, 0.25) is 5.91 Å². The summed E-state index contributed by atoms with van der Waals surface area (Å²) in [6.45, 7) is 3.89. The smallest absolute Gasteiger partial charge is 0.313 e. The molecule has 0 aliphatic carbocycles. The number of fused-ring (bicyclic) bond motifs is 3. The van der Waals surface area contributed by atoms with Crippen LogP contribution in [0.1, 0.15) is 39.5 Å². The fraction of sp³-hybridized carbons (Fsp3) is 0.469. The van der Waals surface area contributed by atoms with E-state index < -0.39 is 41.1 Å². The van der Waals surface area contributed by atoms with Gasteiger partial charge in [0.25, 0.3) is 5.91 Å². The van der Waals surface area contributed by atoms with E-state index in [4.69, 9.17) is 9.47 Å². The van der Waals surface area contributed by atoms with Crippen LogP contribution in [0.2, 0.25) is 0 Å². The van der Waals surface area contributed by atoms with Gasteiger partial charge in [0.1, 0.15) is 23.2 Å². The lowest BCUT2D eigenvalue weighted by Crippen LogP contribution is -2.58. The fourth-order valence-electron chi connectivity index (χ4n) is 7.12. The van der Waals surface area contributed by atoms with Crippen LogP contribution in [0.15, 0.2) is 66.8 Å². The zero-order valence-electron chi connectivity index (χ0n) is 23.0. The summed E-state index contributed by atoms with van der Waals surface area (Å²) in [5.41, 5.74) is -1.77. The van der Waals surface area contributed by atoms with Crippen LogP contribution in [0.5, 0.6) is 0 Å². The molecule has 4 aliphatic heterocycles. The van der Waals surface area contributed by atoms with Gasteiger partial charge < -0.3 is 24.4 Å². The molecule has 2 fully saturated rings. The van der Waals surface area contributed by atoms with Crippen molar-refractivity contribution in [3.8, 4) is 0 Å². The van der Waals surface area contributed by atoms with Crippen LogP contribution in [0.3, 0.4) is 0 Å². The number of ether oxygens (including phenoxy) is 2. The molecule has 210 valence electrons. The molecule has 1 N–H and O–H groups in total. The van der Waals surface area contributed by atoms with Crippen molar-refractivity contribution in [3.63, 3.8) is 0 Å². The Hall–Kier alpha value is -3.49. The van der Waals surface area contributed by atoms with Crippen molar-refractivity contribution in [2.24, 2.45) is 11.8 Å². The van der Waals surface area contributed by atoms with Crippen molar-refractivity contribution < 1.29 is 29.0 Å². The van der Waals surface area contributed by atoms with Crippen LogP contribution >= 0.6 is 0 Å². The van der Waals surface area contributed by atoms with Gasteiger partial charge in [0, 0.05) is 12.2 Å². The molecule has 2 saturated heterocycles. The van der Waals surface area contributed by atoms with Gasteiger partial charge in [-0.2, -0.15) is 0 Å². The molecular weight excluding hydrogens is 508 g/mol.